The van der Waals surface area contributed by atoms with E-state index in [-0.39, 0.29) is 18.3 Å². The smallest absolute Gasteiger partial charge is 0.228 e. The molecule has 2 aromatic rings. The molecule has 6 nitrogen and oxygen atoms in total. The lowest BCUT2D eigenvalue weighted by atomic mass is 10.1. The minimum Gasteiger partial charge on any atom is -0.495 e. The number of hydrogen-bond donors (Lipinski definition) is 2. The summed E-state index contributed by atoms with van der Waals surface area (Å²) < 4.78 is 7.10. The van der Waals surface area contributed by atoms with E-state index in [2.05, 4.69) is 24.3 Å². The average molecular weight is 367 g/mol. The van der Waals surface area contributed by atoms with Gasteiger partial charge in [-0.3, -0.25) is 9.48 Å². The zero-order valence-corrected chi connectivity index (χ0v) is 16.2. The van der Waals surface area contributed by atoms with Crippen LogP contribution in [0.15, 0.2) is 18.2 Å². The molecule has 0 spiro atoms. The minimum atomic E-state index is -0.0881. The predicted octanol–water partition coefficient (Wildman–Crippen LogP) is 3.35. The summed E-state index contributed by atoms with van der Waals surface area (Å²) in [6.07, 6.45) is 0.293. The SMILES string of the molecule is COc1ccc(NC(=O)Cc2c(C)nn(CC(C)C)c2C)cc1N.Cl. The van der Waals surface area contributed by atoms with Crippen LogP contribution >= 0.6 is 12.4 Å². The minimum absolute atomic E-state index is 0. The van der Waals surface area contributed by atoms with Crippen molar-refractivity contribution >= 4 is 29.7 Å². The van der Waals surface area contributed by atoms with Gasteiger partial charge in [-0.2, -0.15) is 5.10 Å². The monoisotopic (exact) mass is 366 g/mol. The molecule has 0 fully saturated rings. The largest absolute Gasteiger partial charge is 0.495 e. The Kier molecular flexibility index (Phi) is 7.30. The van der Waals surface area contributed by atoms with Crippen LogP contribution in [0, 0.1) is 19.8 Å². The maximum Gasteiger partial charge on any atom is 0.228 e. The Labute approximate surface area is 155 Å². The Morgan fingerprint density at radius 1 is 1.36 bits per heavy atom. The standard InChI is InChI=1S/C18H26N4O2.ClH/c1-11(2)10-22-13(4)15(12(3)21-22)9-18(23)20-14-6-7-17(24-5)16(19)8-14;/h6-8,11H,9-10,19H2,1-5H3,(H,20,23);1H. The molecule has 1 heterocycles. The molecular weight excluding hydrogens is 340 g/mol. The number of aromatic nitrogens is 2. The number of rotatable bonds is 6. The van der Waals surface area contributed by atoms with Crippen molar-refractivity contribution in [2.24, 2.45) is 5.92 Å². The van der Waals surface area contributed by atoms with E-state index < -0.39 is 0 Å². The topological polar surface area (TPSA) is 82.2 Å². The van der Waals surface area contributed by atoms with Crippen molar-refractivity contribution < 1.29 is 9.53 Å². The van der Waals surface area contributed by atoms with E-state index in [1.165, 1.54) is 0 Å². The highest BCUT2D eigenvalue weighted by atomic mass is 35.5. The van der Waals surface area contributed by atoms with E-state index in [1.807, 2.05) is 18.5 Å². The van der Waals surface area contributed by atoms with E-state index in [9.17, 15) is 4.79 Å². The summed E-state index contributed by atoms with van der Waals surface area (Å²) in [4.78, 5) is 12.4. The zero-order valence-electron chi connectivity index (χ0n) is 15.4. The molecule has 0 radical (unpaired) electrons. The lowest BCUT2D eigenvalue weighted by molar-refractivity contribution is -0.115. The Balaban J connectivity index is 0.00000312. The number of anilines is 2. The first-order valence-corrected chi connectivity index (χ1v) is 8.08. The Morgan fingerprint density at radius 3 is 2.60 bits per heavy atom. The third-order valence-corrected chi connectivity index (χ3v) is 3.92. The molecule has 1 aromatic carbocycles. The lowest BCUT2D eigenvalue weighted by Gasteiger charge is -2.10. The van der Waals surface area contributed by atoms with Crippen molar-refractivity contribution in [3.05, 3.63) is 35.2 Å². The highest BCUT2D eigenvalue weighted by molar-refractivity contribution is 5.93. The third-order valence-electron chi connectivity index (χ3n) is 3.92. The van der Waals surface area contributed by atoms with Gasteiger partial charge in [0, 0.05) is 23.5 Å². The van der Waals surface area contributed by atoms with Crippen LogP contribution in [0.2, 0.25) is 0 Å². The van der Waals surface area contributed by atoms with Crippen molar-refractivity contribution in [2.45, 2.75) is 40.7 Å². The van der Waals surface area contributed by atoms with Crippen molar-refractivity contribution in [2.75, 3.05) is 18.2 Å². The van der Waals surface area contributed by atoms with Crippen LogP contribution in [0.5, 0.6) is 5.75 Å². The van der Waals surface area contributed by atoms with Gasteiger partial charge in [-0.15, -0.1) is 12.4 Å². The van der Waals surface area contributed by atoms with Crippen LogP contribution in [0.1, 0.15) is 30.8 Å². The van der Waals surface area contributed by atoms with Gasteiger partial charge in [0.15, 0.2) is 0 Å². The number of ether oxygens (including phenoxy) is 1. The van der Waals surface area contributed by atoms with Crippen LogP contribution in [0.3, 0.4) is 0 Å². The van der Waals surface area contributed by atoms with Gasteiger partial charge >= 0.3 is 0 Å². The fourth-order valence-electron chi connectivity index (χ4n) is 2.69. The molecule has 3 N–H and O–H groups in total. The summed E-state index contributed by atoms with van der Waals surface area (Å²) in [6, 6.07) is 5.20. The number of nitrogens with zero attached hydrogens (tertiary/aromatic N) is 2. The van der Waals surface area contributed by atoms with Gasteiger partial charge in [0.2, 0.25) is 5.91 Å². The van der Waals surface area contributed by atoms with Gasteiger partial charge < -0.3 is 15.8 Å². The number of amides is 1. The molecule has 25 heavy (non-hydrogen) atoms. The fourth-order valence-corrected chi connectivity index (χ4v) is 2.69. The van der Waals surface area contributed by atoms with E-state index in [4.69, 9.17) is 10.5 Å². The second kappa shape index (κ2) is 8.76. The Bertz CT molecular complexity index is 741. The molecule has 0 aliphatic carbocycles. The summed E-state index contributed by atoms with van der Waals surface area (Å²) >= 11 is 0. The highest BCUT2D eigenvalue weighted by Gasteiger charge is 2.16. The molecule has 0 bridgehead atoms. The van der Waals surface area contributed by atoms with Crippen molar-refractivity contribution in [1.82, 2.24) is 9.78 Å². The first-order chi connectivity index (χ1) is 11.3. The van der Waals surface area contributed by atoms with Gasteiger partial charge in [0.1, 0.15) is 5.75 Å². The Morgan fingerprint density at radius 2 is 2.04 bits per heavy atom. The maximum absolute atomic E-state index is 12.4. The number of methoxy groups -OCH3 is 1. The molecule has 0 aliphatic rings. The first-order valence-electron chi connectivity index (χ1n) is 8.08. The Hall–Kier alpha value is -2.21. The molecule has 2 rings (SSSR count). The molecule has 1 aromatic heterocycles. The summed E-state index contributed by atoms with van der Waals surface area (Å²) in [5.41, 5.74) is 9.95. The number of benzene rings is 1. The summed E-state index contributed by atoms with van der Waals surface area (Å²) in [5, 5.41) is 7.42. The fraction of sp³-hybridized carbons (Fsp3) is 0.444. The molecule has 0 saturated carbocycles. The summed E-state index contributed by atoms with van der Waals surface area (Å²) in [5.74, 6) is 1.01. The predicted molar refractivity (Wildman–Crippen MR) is 104 cm³/mol. The number of carbonyl (C=O) groups excluding carboxylic acids is 1. The number of carbonyl (C=O) groups is 1. The van der Waals surface area contributed by atoms with Gasteiger partial charge in [0.25, 0.3) is 0 Å². The molecule has 0 atom stereocenters. The van der Waals surface area contributed by atoms with E-state index in [0.717, 1.165) is 23.5 Å². The van der Waals surface area contributed by atoms with Crippen LogP contribution in [-0.2, 0) is 17.8 Å². The first kappa shape index (κ1) is 20.8. The third kappa shape index (κ3) is 5.13. The molecule has 0 unspecified atom stereocenters. The van der Waals surface area contributed by atoms with Crippen molar-refractivity contribution in [3.63, 3.8) is 0 Å². The van der Waals surface area contributed by atoms with Crippen LogP contribution in [-0.4, -0.2) is 22.8 Å². The quantitative estimate of drug-likeness (QED) is 0.768. The van der Waals surface area contributed by atoms with E-state index >= 15 is 0 Å². The maximum atomic E-state index is 12.4. The van der Waals surface area contributed by atoms with Gasteiger partial charge in [0.05, 0.1) is 24.9 Å². The number of aryl methyl sites for hydroxylation is 1. The second-order valence-corrected chi connectivity index (χ2v) is 6.41. The normalized spacial score (nSPS) is 10.5. The van der Waals surface area contributed by atoms with Crippen molar-refractivity contribution in [3.8, 4) is 5.75 Å². The van der Waals surface area contributed by atoms with Gasteiger partial charge in [-0.25, -0.2) is 0 Å². The molecule has 0 saturated heterocycles. The van der Waals surface area contributed by atoms with Crippen LogP contribution < -0.4 is 15.8 Å². The van der Waals surface area contributed by atoms with Crippen LogP contribution in [0.4, 0.5) is 11.4 Å². The number of nitrogen functional groups attached to an aromatic ring is 1. The summed E-state index contributed by atoms with van der Waals surface area (Å²) in [7, 11) is 1.56. The molecular formula is C18H27ClN4O2. The number of hydrogen-bond acceptors (Lipinski definition) is 4. The van der Waals surface area contributed by atoms with E-state index in [1.54, 1.807) is 25.3 Å². The van der Waals surface area contributed by atoms with Gasteiger partial charge in [-0.05, 0) is 38.0 Å². The van der Waals surface area contributed by atoms with E-state index in [0.29, 0.717) is 29.5 Å². The zero-order chi connectivity index (χ0) is 17.9. The van der Waals surface area contributed by atoms with Gasteiger partial charge in [-0.1, -0.05) is 13.8 Å². The number of nitrogens with one attached hydrogen (secondary N) is 1. The second-order valence-electron chi connectivity index (χ2n) is 6.41. The molecule has 138 valence electrons. The lowest BCUT2D eigenvalue weighted by Crippen LogP contribution is -2.16. The highest BCUT2D eigenvalue weighted by Crippen LogP contribution is 2.25. The molecule has 7 heteroatoms. The number of halogens is 1. The van der Waals surface area contributed by atoms with Crippen molar-refractivity contribution in [1.29, 1.82) is 0 Å². The molecule has 1 amide bonds. The average Bonchev–Trinajstić information content (AvgIpc) is 2.74. The number of nitrogens with two attached hydrogens (primary N) is 1. The van der Waals surface area contributed by atoms with Crippen LogP contribution in [0.25, 0.3) is 0 Å². The summed E-state index contributed by atoms with van der Waals surface area (Å²) in [6.45, 7) is 9.10. The molecule has 0 aliphatic heterocycles.